The molecule has 4 heteroatoms. The lowest BCUT2D eigenvalue weighted by molar-refractivity contribution is -0.123. The van der Waals surface area contributed by atoms with Crippen LogP contribution in [0, 0.1) is 5.92 Å². The average molecular weight is 319 g/mol. The fourth-order valence-electron chi connectivity index (χ4n) is 2.81. The Morgan fingerprint density at radius 2 is 2.11 bits per heavy atom. The second-order valence-electron chi connectivity index (χ2n) is 6.48. The van der Waals surface area contributed by atoms with Crippen molar-refractivity contribution in [2.24, 2.45) is 5.92 Å². The summed E-state index contributed by atoms with van der Waals surface area (Å²) in [5, 5.41) is 3.11. The van der Waals surface area contributed by atoms with Gasteiger partial charge in [-0.15, -0.1) is 0 Å². The zero-order valence-electron chi connectivity index (χ0n) is 12.3. The Balaban J connectivity index is 2.67. The maximum absolute atomic E-state index is 12.0. The van der Waals surface area contributed by atoms with E-state index in [9.17, 15) is 4.79 Å². The lowest BCUT2D eigenvalue weighted by Crippen LogP contribution is -2.56. The number of nitrogens with one attached hydrogen (secondary N) is 1. The lowest BCUT2D eigenvalue weighted by atomic mass is 9.75. The Hall–Kier alpha value is -0.0900. The predicted octanol–water partition coefficient (Wildman–Crippen LogP) is 2.79. The maximum atomic E-state index is 12.0. The van der Waals surface area contributed by atoms with Crippen LogP contribution < -0.4 is 5.32 Å². The van der Waals surface area contributed by atoms with Crippen molar-refractivity contribution in [2.45, 2.75) is 56.3 Å². The molecule has 1 saturated carbocycles. The van der Waals surface area contributed by atoms with E-state index in [0.29, 0.717) is 0 Å². The molecule has 106 valence electrons. The summed E-state index contributed by atoms with van der Waals surface area (Å²) in [5.41, 5.74) is 0.131. The highest BCUT2D eigenvalue weighted by atomic mass is 79.9. The van der Waals surface area contributed by atoms with Crippen molar-refractivity contribution in [2.75, 3.05) is 20.6 Å². The van der Waals surface area contributed by atoms with E-state index in [0.717, 1.165) is 12.5 Å². The minimum atomic E-state index is -0.485. The Morgan fingerprint density at radius 3 is 2.56 bits per heavy atom. The molecule has 18 heavy (non-hydrogen) atoms. The van der Waals surface area contributed by atoms with Crippen LogP contribution in [0.4, 0.5) is 0 Å². The molecule has 0 aromatic heterocycles. The summed E-state index contributed by atoms with van der Waals surface area (Å²) in [5.74, 6) is 0.817. The first-order valence-corrected chi connectivity index (χ1v) is 7.61. The molecule has 0 saturated heterocycles. The summed E-state index contributed by atoms with van der Waals surface area (Å²) < 4.78 is -0.485. The van der Waals surface area contributed by atoms with Crippen LogP contribution >= 0.6 is 15.9 Å². The molecule has 1 aliphatic carbocycles. The Bertz CT molecular complexity index is 299. The smallest absolute Gasteiger partial charge is 0.236 e. The van der Waals surface area contributed by atoms with Crippen molar-refractivity contribution in [3.8, 4) is 0 Å². The molecule has 0 bridgehead atoms. The fraction of sp³-hybridized carbons (Fsp3) is 0.929. The number of nitrogens with zero attached hydrogens (tertiary/aromatic N) is 1. The van der Waals surface area contributed by atoms with Crippen molar-refractivity contribution in [1.82, 2.24) is 10.2 Å². The zero-order chi connectivity index (χ0) is 14.0. The van der Waals surface area contributed by atoms with E-state index in [1.54, 1.807) is 0 Å². The van der Waals surface area contributed by atoms with E-state index in [-0.39, 0.29) is 11.4 Å². The van der Waals surface area contributed by atoms with Crippen LogP contribution in [-0.4, -0.2) is 41.3 Å². The van der Waals surface area contributed by atoms with Crippen LogP contribution in [0.5, 0.6) is 0 Å². The first-order valence-electron chi connectivity index (χ1n) is 6.82. The van der Waals surface area contributed by atoms with Gasteiger partial charge < -0.3 is 10.2 Å². The largest absolute Gasteiger partial charge is 0.353 e. The molecule has 0 aromatic rings. The SMILES string of the molecule is CC1CCCC(CNC(=O)C(C)(C)Br)(N(C)C)C1. The zero-order valence-corrected chi connectivity index (χ0v) is 13.9. The number of halogens is 1. The third-order valence-corrected chi connectivity index (χ3v) is 4.49. The minimum Gasteiger partial charge on any atom is -0.353 e. The lowest BCUT2D eigenvalue weighted by Gasteiger charge is -2.45. The monoisotopic (exact) mass is 318 g/mol. The Morgan fingerprint density at radius 1 is 1.50 bits per heavy atom. The molecule has 2 atom stereocenters. The fourth-order valence-corrected chi connectivity index (χ4v) is 2.95. The first-order chi connectivity index (χ1) is 8.17. The second kappa shape index (κ2) is 5.91. The molecule has 1 fully saturated rings. The van der Waals surface area contributed by atoms with Crippen molar-refractivity contribution in [3.63, 3.8) is 0 Å². The predicted molar refractivity (Wildman–Crippen MR) is 80.1 cm³/mol. The van der Waals surface area contributed by atoms with Gasteiger partial charge in [0, 0.05) is 12.1 Å². The van der Waals surface area contributed by atoms with E-state index in [2.05, 4.69) is 47.2 Å². The van der Waals surface area contributed by atoms with E-state index in [4.69, 9.17) is 0 Å². The van der Waals surface area contributed by atoms with Crippen molar-refractivity contribution in [1.29, 1.82) is 0 Å². The number of hydrogen-bond donors (Lipinski definition) is 1. The van der Waals surface area contributed by atoms with E-state index >= 15 is 0 Å². The summed E-state index contributed by atoms with van der Waals surface area (Å²) in [6.45, 7) is 6.83. The van der Waals surface area contributed by atoms with Gasteiger partial charge in [0.15, 0.2) is 0 Å². The normalized spacial score (nSPS) is 29.4. The van der Waals surface area contributed by atoms with Crippen molar-refractivity contribution in [3.05, 3.63) is 0 Å². The number of hydrogen-bond acceptors (Lipinski definition) is 2. The molecule has 1 N–H and O–H groups in total. The maximum Gasteiger partial charge on any atom is 0.236 e. The standard InChI is InChI=1S/C14H27BrN2O/c1-11-7-6-8-14(9-11,17(4)5)10-16-12(18)13(2,3)15/h11H,6-10H2,1-5H3,(H,16,18). The molecule has 1 amide bonds. The number of alkyl halides is 1. The molecule has 0 aliphatic heterocycles. The van der Waals surface area contributed by atoms with Gasteiger partial charge in [0.05, 0.1) is 4.32 Å². The van der Waals surface area contributed by atoms with Crippen LogP contribution in [0.1, 0.15) is 46.5 Å². The van der Waals surface area contributed by atoms with Gasteiger partial charge in [0.2, 0.25) is 5.91 Å². The number of likely N-dealkylation sites (N-methyl/N-ethyl adjacent to an activating group) is 1. The summed E-state index contributed by atoms with van der Waals surface area (Å²) in [7, 11) is 4.26. The Labute approximate surface area is 120 Å². The third kappa shape index (κ3) is 3.95. The number of carbonyl (C=O) groups is 1. The number of carbonyl (C=O) groups excluding carboxylic acids is 1. The summed E-state index contributed by atoms with van der Waals surface area (Å²) >= 11 is 3.41. The van der Waals surface area contributed by atoms with Gasteiger partial charge >= 0.3 is 0 Å². The van der Waals surface area contributed by atoms with Crippen LogP contribution in [0.2, 0.25) is 0 Å². The van der Waals surface area contributed by atoms with E-state index in [1.807, 2.05) is 13.8 Å². The molecule has 0 heterocycles. The van der Waals surface area contributed by atoms with Crippen LogP contribution in [0.25, 0.3) is 0 Å². The topological polar surface area (TPSA) is 32.3 Å². The van der Waals surface area contributed by atoms with Gasteiger partial charge in [-0.2, -0.15) is 0 Å². The van der Waals surface area contributed by atoms with Gasteiger partial charge in [-0.05, 0) is 46.7 Å². The molecule has 2 unspecified atom stereocenters. The van der Waals surface area contributed by atoms with Crippen molar-refractivity contribution >= 4 is 21.8 Å². The molecule has 0 radical (unpaired) electrons. The third-order valence-electron chi connectivity index (χ3n) is 4.13. The Kier molecular flexibility index (Phi) is 5.24. The highest BCUT2D eigenvalue weighted by molar-refractivity contribution is 9.10. The molecule has 0 aromatic carbocycles. The van der Waals surface area contributed by atoms with Gasteiger partial charge in [0.25, 0.3) is 0 Å². The van der Waals surface area contributed by atoms with Gasteiger partial charge in [-0.3, -0.25) is 4.79 Å². The second-order valence-corrected chi connectivity index (χ2v) is 8.46. The number of rotatable bonds is 4. The van der Waals surface area contributed by atoms with Gasteiger partial charge in [-0.25, -0.2) is 0 Å². The average Bonchev–Trinajstić information content (AvgIpc) is 2.24. The van der Waals surface area contributed by atoms with Gasteiger partial charge in [-0.1, -0.05) is 35.7 Å². The number of amides is 1. The van der Waals surface area contributed by atoms with E-state index < -0.39 is 4.32 Å². The molecular formula is C14H27BrN2O. The van der Waals surface area contributed by atoms with Gasteiger partial charge in [0.1, 0.15) is 0 Å². The highest BCUT2D eigenvalue weighted by Gasteiger charge is 2.38. The van der Waals surface area contributed by atoms with Crippen molar-refractivity contribution < 1.29 is 4.79 Å². The van der Waals surface area contributed by atoms with Crippen LogP contribution in [0.3, 0.4) is 0 Å². The molecule has 1 aliphatic rings. The molecule has 0 spiro atoms. The summed E-state index contributed by atoms with van der Waals surface area (Å²) in [6, 6.07) is 0. The van der Waals surface area contributed by atoms with Crippen LogP contribution in [0.15, 0.2) is 0 Å². The molecule has 3 nitrogen and oxygen atoms in total. The summed E-state index contributed by atoms with van der Waals surface area (Å²) in [4.78, 5) is 14.3. The minimum absolute atomic E-state index is 0.0713. The van der Waals surface area contributed by atoms with E-state index in [1.165, 1.54) is 25.7 Å². The van der Waals surface area contributed by atoms with Crippen LogP contribution in [-0.2, 0) is 4.79 Å². The molecule has 1 rings (SSSR count). The first kappa shape index (κ1) is 16.0. The molecular weight excluding hydrogens is 292 g/mol. The quantitative estimate of drug-likeness (QED) is 0.808. The highest BCUT2D eigenvalue weighted by Crippen LogP contribution is 2.35. The summed E-state index contributed by atoms with van der Waals surface area (Å²) in [6.07, 6.45) is 4.91.